The summed E-state index contributed by atoms with van der Waals surface area (Å²) in [4.78, 5) is 11.9. The maximum Gasteiger partial charge on any atom is 0.231 e. The Balaban J connectivity index is 1.48. The van der Waals surface area contributed by atoms with Gasteiger partial charge in [0.15, 0.2) is 11.5 Å². The maximum absolute atomic E-state index is 11.9. The van der Waals surface area contributed by atoms with E-state index in [1.165, 1.54) is 0 Å². The Morgan fingerprint density at radius 1 is 1.19 bits per heavy atom. The lowest BCUT2D eigenvalue weighted by molar-refractivity contribution is -0.120. The number of rotatable bonds is 5. The summed E-state index contributed by atoms with van der Waals surface area (Å²) in [6.07, 6.45) is 1.02. The minimum absolute atomic E-state index is 0.0165. The molecule has 1 aliphatic rings. The topological polar surface area (TPSA) is 60.7 Å². The van der Waals surface area contributed by atoms with Crippen molar-refractivity contribution >= 4 is 5.91 Å². The van der Waals surface area contributed by atoms with Crippen LogP contribution >= 0.6 is 0 Å². The van der Waals surface area contributed by atoms with E-state index in [9.17, 15) is 4.79 Å². The summed E-state index contributed by atoms with van der Waals surface area (Å²) in [5, 5.41) is 2.89. The number of furan rings is 1. The Morgan fingerprint density at radius 2 is 2.05 bits per heavy atom. The quantitative estimate of drug-likeness (QED) is 0.916. The van der Waals surface area contributed by atoms with Gasteiger partial charge in [-0.1, -0.05) is 6.07 Å². The first-order valence-corrected chi connectivity index (χ1v) is 6.91. The van der Waals surface area contributed by atoms with Crippen LogP contribution in [0.5, 0.6) is 11.5 Å². The summed E-state index contributed by atoms with van der Waals surface area (Å²) in [5.74, 6) is 3.18. The lowest BCUT2D eigenvalue weighted by atomic mass is 10.1. The monoisotopic (exact) mass is 287 g/mol. The normalized spacial score (nSPS) is 12.4. The first-order valence-electron chi connectivity index (χ1n) is 6.91. The molecule has 2 aromatic rings. The van der Waals surface area contributed by atoms with Crippen LogP contribution in [0.1, 0.15) is 17.1 Å². The fraction of sp³-hybridized carbons (Fsp3) is 0.312. The third kappa shape index (κ3) is 3.37. The molecule has 0 bridgehead atoms. The summed E-state index contributed by atoms with van der Waals surface area (Å²) in [7, 11) is 0. The van der Waals surface area contributed by atoms with Gasteiger partial charge in [-0.2, -0.15) is 0 Å². The number of carbonyl (C=O) groups excluding carboxylic acids is 1. The van der Waals surface area contributed by atoms with E-state index in [-0.39, 0.29) is 12.7 Å². The first-order chi connectivity index (χ1) is 10.2. The Labute approximate surface area is 122 Å². The van der Waals surface area contributed by atoms with Crippen molar-refractivity contribution in [3.05, 3.63) is 47.4 Å². The third-order valence-corrected chi connectivity index (χ3v) is 3.29. The highest BCUT2D eigenvalue weighted by molar-refractivity contribution is 5.78. The van der Waals surface area contributed by atoms with Gasteiger partial charge in [-0.3, -0.25) is 4.79 Å². The number of nitrogens with one attached hydrogen (secondary N) is 1. The van der Waals surface area contributed by atoms with E-state index >= 15 is 0 Å². The lowest BCUT2D eigenvalue weighted by Crippen LogP contribution is -2.27. The van der Waals surface area contributed by atoms with Crippen LogP contribution < -0.4 is 14.8 Å². The van der Waals surface area contributed by atoms with Crippen LogP contribution in [0.15, 0.2) is 34.7 Å². The summed E-state index contributed by atoms with van der Waals surface area (Å²) in [6.45, 7) is 2.71. The van der Waals surface area contributed by atoms with E-state index < -0.39 is 0 Å². The minimum atomic E-state index is -0.0165. The summed E-state index contributed by atoms with van der Waals surface area (Å²) < 4.78 is 16.0. The maximum atomic E-state index is 11.9. The molecule has 0 fully saturated rings. The fourth-order valence-electron chi connectivity index (χ4n) is 2.24. The molecule has 0 spiro atoms. The van der Waals surface area contributed by atoms with E-state index in [4.69, 9.17) is 13.9 Å². The molecule has 1 amide bonds. The highest BCUT2D eigenvalue weighted by atomic mass is 16.7. The van der Waals surface area contributed by atoms with Gasteiger partial charge in [0.05, 0.1) is 6.42 Å². The van der Waals surface area contributed by atoms with Gasteiger partial charge in [0.25, 0.3) is 0 Å². The number of hydrogen-bond acceptors (Lipinski definition) is 4. The van der Waals surface area contributed by atoms with E-state index in [1.54, 1.807) is 0 Å². The van der Waals surface area contributed by atoms with Crippen molar-refractivity contribution in [2.45, 2.75) is 19.8 Å². The number of carbonyl (C=O) groups is 1. The van der Waals surface area contributed by atoms with Gasteiger partial charge in [-0.05, 0) is 36.8 Å². The second-order valence-electron chi connectivity index (χ2n) is 4.98. The third-order valence-electron chi connectivity index (χ3n) is 3.29. The molecule has 1 N–H and O–H groups in total. The van der Waals surface area contributed by atoms with Gasteiger partial charge in [0, 0.05) is 13.0 Å². The summed E-state index contributed by atoms with van der Waals surface area (Å²) in [6, 6.07) is 9.40. The van der Waals surface area contributed by atoms with Crippen molar-refractivity contribution in [2.75, 3.05) is 13.3 Å². The number of hydrogen-bond donors (Lipinski definition) is 1. The van der Waals surface area contributed by atoms with E-state index in [0.717, 1.165) is 22.8 Å². The molecule has 3 rings (SSSR count). The molecule has 5 heteroatoms. The molecule has 1 aromatic carbocycles. The van der Waals surface area contributed by atoms with E-state index in [1.807, 2.05) is 37.3 Å². The largest absolute Gasteiger partial charge is 0.466 e. The van der Waals surface area contributed by atoms with Gasteiger partial charge in [0.1, 0.15) is 11.5 Å². The predicted octanol–water partition coefficient (Wildman–Crippen LogP) is 2.22. The molecule has 2 heterocycles. The second-order valence-corrected chi connectivity index (χ2v) is 4.98. The van der Waals surface area contributed by atoms with Gasteiger partial charge >= 0.3 is 0 Å². The van der Waals surface area contributed by atoms with Crippen LogP contribution in [-0.2, 0) is 17.6 Å². The minimum Gasteiger partial charge on any atom is -0.466 e. The van der Waals surface area contributed by atoms with Crippen molar-refractivity contribution < 1.29 is 18.7 Å². The smallest absolute Gasteiger partial charge is 0.231 e. The van der Waals surface area contributed by atoms with Crippen LogP contribution in [0.3, 0.4) is 0 Å². The Hall–Kier alpha value is -2.43. The van der Waals surface area contributed by atoms with Gasteiger partial charge in [0.2, 0.25) is 12.7 Å². The molecule has 1 aromatic heterocycles. The molecule has 5 nitrogen and oxygen atoms in total. The molecule has 0 radical (unpaired) electrons. The van der Waals surface area contributed by atoms with Crippen molar-refractivity contribution in [3.63, 3.8) is 0 Å². The van der Waals surface area contributed by atoms with Crippen LogP contribution in [-0.4, -0.2) is 19.2 Å². The van der Waals surface area contributed by atoms with Crippen LogP contribution in [0.2, 0.25) is 0 Å². The molecule has 0 atom stereocenters. The van der Waals surface area contributed by atoms with Crippen LogP contribution in [0.25, 0.3) is 0 Å². The number of amides is 1. The lowest BCUT2D eigenvalue weighted by Gasteiger charge is -2.05. The number of ether oxygens (including phenoxy) is 2. The highest BCUT2D eigenvalue weighted by Crippen LogP contribution is 2.32. The van der Waals surface area contributed by atoms with E-state index in [0.29, 0.717) is 25.1 Å². The van der Waals surface area contributed by atoms with Gasteiger partial charge in [-0.25, -0.2) is 0 Å². The summed E-state index contributed by atoms with van der Waals surface area (Å²) >= 11 is 0. The molecule has 21 heavy (non-hydrogen) atoms. The molecular weight excluding hydrogens is 270 g/mol. The molecule has 1 aliphatic heterocycles. The molecule has 0 saturated carbocycles. The highest BCUT2D eigenvalue weighted by Gasteiger charge is 2.14. The van der Waals surface area contributed by atoms with Crippen molar-refractivity contribution in [1.82, 2.24) is 5.32 Å². The standard InChI is InChI=1S/C16H17NO4/c1-11-2-4-13(21-11)6-7-17-16(18)9-12-3-5-14-15(8-12)20-10-19-14/h2-5,8H,6-7,9-10H2,1H3,(H,17,18). The van der Waals surface area contributed by atoms with Gasteiger partial charge < -0.3 is 19.2 Å². The zero-order valence-corrected chi connectivity index (χ0v) is 11.8. The fourth-order valence-corrected chi connectivity index (χ4v) is 2.24. The Kier molecular flexibility index (Phi) is 3.81. The average molecular weight is 287 g/mol. The second kappa shape index (κ2) is 5.91. The van der Waals surface area contributed by atoms with Gasteiger partial charge in [-0.15, -0.1) is 0 Å². The van der Waals surface area contributed by atoms with Crippen LogP contribution in [0, 0.1) is 6.92 Å². The molecular formula is C16H17NO4. The predicted molar refractivity (Wildman–Crippen MR) is 76.4 cm³/mol. The SMILES string of the molecule is Cc1ccc(CCNC(=O)Cc2ccc3c(c2)OCO3)o1. The zero-order valence-electron chi connectivity index (χ0n) is 11.8. The summed E-state index contributed by atoms with van der Waals surface area (Å²) in [5.41, 5.74) is 0.908. The van der Waals surface area contributed by atoms with Crippen molar-refractivity contribution in [3.8, 4) is 11.5 Å². The molecule has 110 valence electrons. The molecule has 0 aliphatic carbocycles. The van der Waals surface area contributed by atoms with E-state index in [2.05, 4.69) is 5.32 Å². The zero-order chi connectivity index (χ0) is 14.7. The number of aryl methyl sites for hydroxylation is 1. The average Bonchev–Trinajstić information content (AvgIpc) is 3.07. The Bertz CT molecular complexity index is 647. The van der Waals surface area contributed by atoms with Crippen LogP contribution in [0.4, 0.5) is 0 Å². The first kappa shape index (κ1) is 13.5. The number of benzene rings is 1. The van der Waals surface area contributed by atoms with Crippen molar-refractivity contribution in [1.29, 1.82) is 0 Å². The molecule has 0 saturated heterocycles. The molecule has 0 unspecified atom stereocenters. The number of fused-ring (bicyclic) bond motifs is 1. The van der Waals surface area contributed by atoms with Crippen molar-refractivity contribution in [2.24, 2.45) is 0 Å². The Morgan fingerprint density at radius 3 is 2.86 bits per heavy atom.